The lowest BCUT2D eigenvalue weighted by Crippen LogP contribution is -1.94. The summed E-state index contributed by atoms with van der Waals surface area (Å²) in [6, 6.07) is 6.58. The molecular weight excluding hydrogens is 193 g/mol. The maximum Gasteiger partial charge on any atom is 0.133 e. The van der Waals surface area contributed by atoms with Gasteiger partial charge in [0.25, 0.3) is 0 Å². The van der Waals surface area contributed by atoms with Crippen LogP contribution in [0.3, 0.4) is 0 Å². The van der Waals surface area contributed by atoms with Crippen molar-refractivity contribution in [2.45, 2.75) is 6.92 Å². The molecule has 0 radical (unpaired) electrons. The van der Waals surface area contributed by atoms with E-state index >= 15 is 0 Å². The van der Waals surface area contributed by atoms with Gasteiger partial charge in [-0.25, -0.2) is 14.4 Å². The third kappa shape index (κ3) is 2.28. The number of aromatic nitrogens is 2. The van der Waals surface area contributed by atoms with Gasteiger partial charge in [0.15, 0.2) is 0 Å². The molecule has 0 atom stereocenters. The van der Waals surface area contributed by atoms with Gasteiger partial charge in [-0.2, -0.15) is 0 Å². The number of rotatable bonds is 2. The average molecular weight is 203 g/mol. The molecule has 0 unspecified atom stereocenters. The number of anilines is 2. The summed E-state index contributed by atoms with van der Waals surface area (Å²) >= 11 is 0. The van der Waals surface area contributed by atoms with Crippen molar-refractivity contribution < 1.29 is 4.39 Å². The molecule has 0 aliphatic heterocycles. The molecule has 1 heterocycles. The second-order valence-corrected chi connectivity index (χ2v) is 3.18. The van der Waals surface area contributed by atoms with Gasteiger partial charge >= 0.3 is 0 Å². The molecule has 1 aromatic carbocycles. The second-order valence-electron chi connectivity index (χ2n) is 3.18. The van der Waals surface area contributed by atoms with Crippen LogP contribution in [0.1, 0.15) is 5.56 Å². The zero-order chi connectivity index (χ0) is 10.7. The number of hydrogen-bond donors (Lipinski definition) is 1. The van der Waals surface area contributed by atoms with Crippen LogP contribution in [0.2, 0.25) is 0 Å². The fourth-order valence-corrected chi connectivity index (χ4v) is 1.23. The minimum absolute atomic E-state index is 0.205. The van der Waals surface area contributed by atoms with Gasteiger partial charge in [-0.15, -0.1) is 0 Å². The van der Waals surface area contributed by atoms with Crippen molar-refractivity contribution in [2.24, 2.45) is 0 Å². The van der Waals surface area contributed by atoms with E-state index in [4.69, 9.17) is 0 Å². The number of hydrogen-bond acceptors (Lipinski definition) is 3. The largest absolute Gasteiger partial charge is 0.340 e. The fraction of sp³-hybridized carbons (Fsp3) is 0.0909. The number of aryl methyl sites for hydroxylation is 1. The maximum absolute atomic E-state index is 13.0. The number of nitrogens with one attached hydrogen (secondary N) is 1. The third-order valence-corrected chi connectivity index (χ3v) is 2.01. The summed E-state index contributed by atoms with van der Waals surface area (Å²) in [6.45, 7) is 1.72. The van der Waals surface area contributed by atoms with E-state index in [1.807, 2.05) is 0 Å². The van der Waals surface area contributed by atoms with E-state index in [1.54, 1.807) is 31.3 Å². The lowest BCUT2D eigenvalue weighted by molar-refractivity contribution is 0.619. The van der Waals surface area contributed by atoms with Gasteiger partial charge < -0.3 is 5.32 Å². The molecule has 1 N–H and O–H groups in total. The first kappa shape index (κ1) is 9.58. The monoisotopic (exact) mass is 203 g/mol. The summed E-state index contributed by atoms with van der Waals surface area (Å²) in [5.41, 5.74) is 1.42. The first-order valence-electron chi connectivity index (χ1n) is 4.55. The highest BCUT2D eigenvalue weighted by atomic mass is 19.1. The van der Waals surface area contributed by atoms with Crippen LogP contribution in [0.5, 0.6) is 0 Å². The van der Waals surface area contributed by atoms with Crippen LogP contribution in [0.25, 0.3) is 0 Å². The summed E-state index contributed by atoms with van der Waals surface area (Å²) in [4.78, 5) is 7.82. The van der Waals surface area contributed by atoms with Gasteiger partial charge in [-0.3, -0.25) is 0 Å². The van der Waals surface area contributed by atoms with Gasteiger partial charge in [0, 0.05) is 11.9 Å². The molecule has 0 saturated carbocycles. The van der Waals surface area contributed by atoms with Crippen molar-refractivity contribution >= 4 is 11.5 Å². The van der Waals surface area contributed by atoms with Crippen LogP contribution < -0.4 is 5.32 Å². The zero-order valence-corrected chi connectivity index (χ0v) is 8.24. The molecule has 4 heteroatoms. The Morgan fingerprint density at radius 1 is 1.27 bits per heavy atom. The Labute approximate surface area is 87.0 Å². The molecule has 15 heavy (non-hydrogen) atoms. The Balaban J connectivity index is 2.22. The Bertz CT molecular complexity index is 457. The van der Waals surface area contributed by atoms with E-state index in [2.05, 4.69) is 15.3 Å². The van der Waals surface area contributed by atoms with E-state index in [0.29, 0.717) is 11.4 Å². The zero-order valence-electron chi connectivity index (χ0n) is 8.24. The highest BCUT2D eigenvalue weighted by Crippen LogP contribution is 2.16. The van der Waals surface area contributed by atoms with Gasteiger partial charge in [0.05, 0.1) is 0 Å². The SMILES string of the molecule is Cc1cc(Nc2ccncn2)ccc1F. The Kier molecular flexibility index (Phi) is 2.58. The molecule has 3 nitrogen and oxygen atoms in total. The molecule has 0 aliphatic carbocycles. The molecule has 1 aromatic heterocycles. The highest BCUT2D eigenvalue weighted by molar-refractivity contribution is 5.56. The van der Waals surface area contributed by atoms with Gasteiger partial charge in [0.1, 0.15) is 18.0 Å². The predicted octanol–water partition coefficient (Wildman–Crippen LogP) is 2.67. The van der Waals surface area contributed by atoms with Gasteiger partial charge in [-0.05, 0) is 36.8 Å². The van der Waals surface area contributed by atoms with Crippen molar-refractivity contribution in [3.63, 3.8) is 0 Å². The normalized spacial score (nSPS) is 10.0. The molecule has 0 aliphatic rings. The molecule has 2 aromatic rings. The van der Waals surface area contributed by atoms with Gasteiger partial charge in [0.2, 0.25) is 0 Å². The van der Waals surface area contributed by atoms with Gasteiger partial charge in [-0.1, -0.05) is 0 Å². The number of halogens is 1. The second kappa shape index (κ2) is 4.04. The third-order valence-electron chi connectivity index (χ3n) is 2.01. The first-order chi connectivity index (χ1) is 7.25. The molecular formula is C11H10FN3. The summed E-state index contributed by atoms with van der Waals surface area (Å²) in [5.74, 6) is 0.485. The first-order valence-corrected chi connectivity index (χ1v) is 4.55. The van der Waals surface area contributed by atoms with E-state index in [9.17, 15) is 4.39 Å². The Morgan fingerprint density at radius 3 is 2.80 bits per heavy atom. The van der Waals surface area contributed by atoms with Crippen molar-refractivity contribution in [2.75, 3.05) is 5.32 Å². The smallest absolute Gasteiger partial charge is 0.133 e. The number of nitrogens with zero attached hydrogens (tertiary/aromatic N) is 2. The quantitative estimate of drug-likeness (QED) is 0.815. The average Bonchev–Trinajstić information content (AvgIpc) is 2.25. The fourth-order valence-electron chi connectivity index (χ4n) is 1.23. The summed E-state index contributed by atoms with van der Waals surface area (Å²) in [5, 5.41) is 3.05. The van der Waals surface area contributed by atoms with Crippen molar-refractivity contribution in [1.82, 2.24) is 9.97 Å². The molecule has 76 valence electrons. The van der Waals surface area contributed by atoms with E-state index in [0.717, 1.165) is 5.69 Å². The maximum atomic E-state index is 13.0. The van der Waals surface area contributed by atoms with E-state index < -0.39 is 0 Å². The molecule has 0 bridgehead atoms. The highest BCUT2D eigenvalue weighted by Gasteiger charge is 1.99. The summed E-state index contributed by atoms with van der Waals surface area (Å²) < 4.78 is 13.0. The minimum Gasteiger partial charge on any atom is -0.340 e. The van der Waals surface area contributed by atoms with Crippen LogP contribution in [0, 0.1) is 12.7 Å². The predicted molar refractivity (Wildman–Crippen MR) is 56.5 cm³/mol. The minimum atomic E-state index is -0.205. The van der Waals surface area contributed by atoms with Crippen molar-refractivity contribution in [1.29, 1.82) is 0 Å². The van der Waals surface area contributed by atoms with Crippen LogP contribution in [-0.4, -0.2) is 9.97 Å². The summed E-state index contributed by atoms with van der Waals surface area (Å²) in [6.07, 6.45) is 3.10. The van der Waals surface area contributed by atoms with E-state index in [1.165, 1.54) is 12.4 Å². The topological polar surface area (TPSA) is 37.8 Å². The molecule has 0 saturated heterocycles. The standard InChI is InChI=1S/C11H10FN3/c1-8-6-9(2-3-10(8)12)15-11-4-5-13-7-14-11/h2-7H,1H3,(H,13,14,15). The lowest BCUT2D eigenvalue weighted by Gasteiger charge is -2.05. The molecule has 2 rings (SSSR count). The van der Waals surface area contributed by atoms with Crippen molar-refractivity contribution in [3.05, 3.63) is 48.2 Å². The molecule has 0 fully saturated rings. The van der Waals surface area contributed by atoms with Crippen LogP contribution >= 0.6 is 0 Å². The molecule has 0 spiro atoms. The summed E-state index contributed by atoms with van der Waals surface area (Å²) in [7, 11) is 0. The molecule has 0 amide bonds. The van der Waals surface area contributed by atoms with Crippen LogP contribution in [-0.2, 0) is 0 Å². The number of benzene rings is 1. The van der Waals surface area contributed by atoms with Crippen LogP contribution in [0.15, 0.2) is 36.8 Å². The Morgan fingerprint density at radius 2 is 2.13 bits per heavy atom. The lowest BCUT2D eigenvalue weighted by atomic mass is 10.2. The van der Waals surface area contributed by atoms with E-state index in [-0.39, 0.29) is 5.82 Å². The Hall–Kier alpha value is -1.97. The van der Waals surface area contributed by atoms with Crippen LogP contribution in [0.4, 0.5) is 15.9 Å². The van der Waals surface area contributed by atoms with Crippen molar-refractivity contribution in [3.8, 4) is 0 Å².